The van der Waals surface area contributed by atoms with Crippen LogP contribution >= 0.6 is 11.6 Å². The summed E-state index contributed by atoms with van der Waals surface area (Å²) in [6.07, 6.45) is 6.30. The quantitative estimate of drug-likeness (QED) is 0.752. The molecule has 2 heterocycles. The first kappa shape index (κ1) is 11.5. The Morgan fingerprint density at radius 3 is 2.88 bits per heavy atom. The molecule has 5 heteroatoms. The molecule has 1 aliphatic heterocycles. The first-order chi connectivity index (χ1) is 7.81. The summed E-state index contributed by atoms with van der Waals surface area (Å²) < 4.78 is 1.95. The number of hydrogen-bond acceptors (Lipinski definition) is 2. The molecule has 4 nitrogen and oxygen atoms in total. The largest absolute Gasteiger partial charge is 0.343 e. The number of rotatable bonds is 4. The van der Waals surface area contributed by atoms with Crippen LogP contribution in [-0.4, -0.2) is 33.4 Å². The topological polar surface area (TPSA) is 38.1 Å². The van der Waals surface area contributed by atoms with Crippen LogP contribution in [0.2, 0.25) is 0 Å². The van der Waals surface area contributed by atoms with Crippen molar-refractivity contribution < 1.29 is 4.79 Å². The van der Waals surface area contributed by atoms with Gasteiger partial charge in [0.15, 0.2) is 0 Å². The fourth-order valence-electron chi connectivity index (χ4n) is 2.00. The third-order valence-electron chi connectivity index (χ3n) is 2.96. The molecule has 0 N–H and O–H groups in total. The Morgan fingerprint density at radius 1 is 1.44 bits per heavy atom. The molecular weight excluding hydrogens is 226 g/mol. The summed E-state index contributed by atoms with van der Waals surface area (Å²) in [5.41, 5.74) is 0.968. The van der Waals surface area contributed by atoms with Gasteiger partial charge in [-0.3, -0.25) is 4.79 Å². The van der Waals surface area contributed by atoms with Gasteiger partial charge in [0.25, 0.3) is 0 Å². The van der Waals surface area contributed by atoms with Gasteiger partial charge in [0.1, 0.15) is 0 Å². The van der Waals surface area contributed by atoms with E-state index in [0.29, 0.717) is 18.8 Å². The minimum absolute atomic E-state index is 0.242. The maximum atomic E-state index is 11.8. The van der Waals surface area contributed by atoms with Crippen molar-refractivity contribution in [2.45, 2.75) is 31.7 Å². The van der Waals surface area contributed by atoms with Gasteiger partial charge in [0.05, 0.1) is 17.9 Å². The van der Waals surface area contributed by atoms with Crippen molar-refractivity contribution in [3.05, 3.63) is 18.2 Å². The zero-order chi connectivity index (χ0) is 11.4. The van der Waals surface area contributed by atoms with E-state index in [1.54, 1.807) is 12.5 Å². The number of hydrogen-bond donors (Lipinski definition) is 0. The van der Waals surface area contributed by atoms with Crippen LogP contribution in [0.5, 0.6) is 0 Å². The second kappa shape index (κ2) is 5.34. The third-order valence-corrected chi connectivity index (χ3v) is 3.23. The van der Waals surface area contributed by atoms with E-state index >= 15 is 0 Å². The summed E-state index contributed by atoms with van der Waals surface area (Å²) in [7, 11) is 0. The van der Waals surface area contributed by atoms with Crippen molar-refractivity contribution in [3.63, 3.8) is 0 Å². The summed E-state index contributed by atoms with van der Waals surface area (Å²) >= 11 is 5.76. The molecule has 2 rings (SSSR count). The van der Waals surface area contributed by atoms with Crippen LogP contribution in [-0.2, 0) is 17.2 Å². The van der Waals surface area contributed by atoms with E-state index in [4.69, 9.17) is 11.6 Å². The number of likely N-dealkylation sites (tertiary alicyclic amines) is 1. The Bertz CT molecular complexity index is 358. The fraction of sp³-hybridized carbons (Fsp3) is 0.636. The lowest BCUT2D eigenvalue weighted by molar-refractivity contribution is -0.130. The van der Waals surface area contributed by atoms with Crippen molar-refractivity contribution in [1.29, 1.82) is 0 Å². The Morgan fingerprint density at radius 2 is 2.19 bits per heavy atom. The lowest BCUT2D eigenvalue weighted by Crippen LogP contribution is -2.28. The van der Waals surface area contributed by atoms with Crippen LogP contribution in [0.15, 0.2) is 12.5 Å². The fourth-order valence-corrected chi connectivity index (χ4v) is 2.22. The highest BCUT2D eigenvalue weighted by atomic mass is 35.5. The SMILES string of the molecule is O=C(CCn1cncc1CCl)N1CCCC1. The zero-order valence-electron chi connectivity index (χ0n) is 9.23. The maximum absolute atomic E-state index is 11.8. The highest BCUT2D eigenvalue weighted by Gasteiger charge is 2.17. The molecule has 1 saturated heterocycles. The number of imidazole rings is 1. The lowest BCUT2D eigenvalue weighted by atomic mass is 10.3. The van der Waals surface area contributed by atoms with Crippen molar-refractivity contribution in [2.75, 3.05) is 13.1 Å². The predicted molar refractivity (Wildman–Crippen MR) is 62.2 cm³/mol. The van der Waals surface area contributed by atoms with Crippen molar-refractivity contribution in [3.8, 4) is 0 Å². The molecule has 88 valence electrons. The van der Waals surface area contributed by atoms with E-state index < -0.39 is 0 Å². The molecule has 0 radical (unpaired) electrons. The van der Waals surface area contributed by atoms with Gasteiger partial charge in [0, 0.05) is 32.3 Å². The van der Waals surface area contributed by atoms with E-state index in [0.717, 1.165) is 31.6 Å². The van der Waals surface area contributed by atoms with Crippen molar-refractivity contribution in [2.24, 2.45) is 0 Å². The van der Waals surface area contributed by atoms with E-state index in [1.165, 1.54) is 0 Å². The van der Waals surface area contributed by atoms with Crippen LogP contribution in [0.25, 0.3) is 0 Å². The molecule has 0 spiro atoms. The van der Waals surface area contributed by atoms with Crippen LogP contribution in [0, 0.1) is 0 Å². The van der Waals surface area contributed by atoms with Crippen LogP contribution in [0.1, 0.15) is 25.0 Å². The summed E-state index contributed by atoms with van der Waals surface area (Å²) in [4.78, 5) is 17.8. The Balaban J connectivity index is 1.84. The molecule has 0 unspecified atom stereocenters. The van der Waals surface area contributed by atoms with Crippen LogP contribution < -0.4 is 0 Å². The minimum atomic E-state index is 0.242. The smallest absolute Gasteiger partial charge is 0.224 e. The summed E-state index contributed by atoms with van der Waals surface area (Å²) in [6, 6.07) is 0. The Hall–Kier alpha value is -1.03. The number of carbonyl (C=O) groups is 1. The Labute approximate surface area is 100 Å². The molecule has 1 aromatic rings. The van der Waals surface area contributed by atoms with Gasteiger partial charge >= 0.3 is 0 Å². The molecule has 0 aliphatic carbocycles. The first-order valence-electron chi connectivity index (χ1n) is 5.64. The number of amides is 1. The first-order valence-corrected chi connectivity index (χ1v) is 6.17. The molecular formula is C11H16ClN3O. The van der Waals surface area contributed by atoms with Gasteiger partial charge in [-0.2, -0.15) is 0 Å². The average Bonchev–Trinajstić information content (AvgIpc) is 2.96. The van der Waals surface area contributed by atoms with Gasteiger partial charge in [-0.25, -0.2) is 4.98 Å². The molecule has 16 heavy (non-hydrogen) atoms. The van der Waals surface area contributed by atoms with Crippen LogP contribution in [0.4, 0.5) is 0 Å². The molecule has 1 fully saturated rings. The van der Waals surface area contributed by atoms with Gasteiger partial charge < -0.3 is 9.47 Å². The molecule has 0 atom stereocenters. The standard InChI is InChI=1S/C11H16ClN3O/c12-7-10-8-13-9-15(10)6-3-11(16)14-4-1-2-5-14/h8-9H,1-7H2. The molecule has 0 bridgehead atoms. The summed E-state index contributed by atoms with van der Waals surface area (Å²) in [5, 5.41) is 0. The number of halogens is 1. The minimum Gasteiger partial charge on any atom is -0.343 e. The molecule has 1 aliphatic rings. The second-order valence-corrected chi connectivity index (χ2v) is 4.32. The molecule has 0 saturated carbocycles. The molecule has 1 aromatic heterocycles. The third kappa shape index (κ3) is 2.55. The van der Waals surface area contributed by atoms with E-state index in [-0.39, 0.29) is 5.91 Å². The number of aryl methyl sites for hydroxylation is 1. The number of aromatic nitrogens is 2. The normalized spacial score (nSPS) is 15.7. The number of carbonyl (C=O) groups excluding carboxylic acids is 1. The van der Waals surface area contributed by atoms with Crippen molar-refractivity contribution in [1.82, 2.24) is 14.5 Å². The van der Waals surface area contributed by atoms with Crippen molar-refractivity contribution >= 4 is 17.5 Å². The van der Waals surface area contributed by atoms with Gasteiger partial charge in [-0.05, 0) is 12.8 Å². The zero-order valence-corrected chi connectivity index (χ0v) is 9.99. The number of nitrogens with zero attached hydrogens (tertiary/aromatic N) is 3. The van der Waals surface area contributed by atoms with Crippen LogP contribution in [0.3, 0.4) is 0 Å². The summed E-state index contributed by atoms with van der Waals surface area (Å²) in [6.45, 7) is 2.52. The maximum Gasteiger partial charge on any atom is 0.224 e. The second-order valence-electron chi connectivity index (χ2n) is 4.05. The lowest BCUT2D eigenvalue weighted by Gasteiger charge is -2.15. The van der Waals surface area contributed by atoms with E-state index in [9.17, 15) is 4.79 Å². The van der Waals surface area contributed by atoms with E-state index in [2.05, 4.69) is 4.98 Å². The summed E-state index contributed by atoms with van der Waals surface area (Å²) in [5.74, 6) is 0.685. The molecule has 1 amide bonds. The monoisotopic (exact) mass is 241 g/mol. The Kier molecular flexibility index (Phi) is 3.83. The highest BCUT2D eigenvalue weighted by Crippen LogP contribution is 2.10. The predicted octanol–water partition coefficient (Wildman–Crippen LogP) is 1.63. The van der Waals surface area contributed by atoms with Gasteiger partial charge in [-0.1, -0.05) is 0 Å². The molecule has 0 aromatic carbocycles. The van der Waals surface area contributed by atoms with E-state index in [1.807, 2.05) is 9.47 Å². The highest BCUT2D eigenvalue weighted by molar-refractivity contribution is 6.16. The average molecular weight is 242 g/mol. The van der Waals surface area contributed by atoms with Gasteiger partial charge in [0.2, 0.25) is 5.91 Å². The number of alkyl halides is 1. The van der Waals surface area contributed by atoms with Gasteiger partial charge in [-0.15, -0.1) is 11.6 Å².